The lowest BCUT2D eigenvalue weighted by Gasteiger charge is -2.07. The largest absolute Gasteiger partial charge is 0.392 e. The zero-order valence-corrected chi connectivity index (χ0v) is 10.6. The summed E-state index contributed by atoms with van der Waals surface area (Å²) in [5, 5.41) is 10.4. The van der Waals surface area contributed by atoms with Crippen LogP contribution in [0.4, 0.5) is 4.39 Å². The molecule has 4 heteroatoms. The van der Waals surface area contributed by atoms with Gasteiger partial charge in [0, 0.05) is 18.1 Å². The Hall–Kier alpha value is -1.06. The summed E-state index contributed by atoms with van der Waals surface area (Å²) in [6.07, 6.45) is 2.33. The van der Waals surface area contributed by atoms with Gasteiger partial charge >= 0.3 is 0 Å². The van der Waals surface area contributed by atoms with Crippen LogP contribution in [0, 0.1) is 5.82 Å². The van der Waals surface area contributed by atoms with Gasteiger partial charge in [0.2, 0.25) is 0 Å². The molecule has 0 bridgehead atoms. The van der Waals surface area contributed by atoms with E-state index in [4.69, 9.17) is 11.6 Å². The smallest absolute Gasteiger partial charge is 0.142 e. The van der Waals surface area contributed by atoms with Gasteiger partial charge in [-0.05, 0) is 31.0 Å². The number of hydrogen-bond acceptors (Lipinski definition) is 1. The molecule has 1 heterocycles. The van der Waals surface area contributed by atoms with E-state index in [-0.39, 0.29) is 5.02 Å². The molecule has 0 saturated carbocycles. The third-order valence-electron chi connectivity index (χ3n) is 2.85. The van der Waals surface area contributed by atoms with Crippen molar-refractivity contribution in [3.63, 3.8) is 0 Å². The first kappa shape index (κ1) is 12.4. The number of nitrogens with zero attached hydrogens (tertiary/aromatic N) is 1. The molecule has 1 unspecified atom stereocenters. The van der Waals surface area contributed by atoms with Crippen molar-refractivity contribution in [2.75, 3.05) is 0 Å². The second-order valence-corrected chi connectivity index (χ2v) is 4.70. The monoisotopic (exact) mass is 255 g/mol. The van der Waals surface area contributed by atoms with Gasteiger partial charge in [0.1, 0.15) is 5.82 Å². The minimum Gasteiger partial charge on any atom is -0.392 e. The number of benzene rings is 1. The maximum atomic E-state index is 13.4. The Balaban J connectivity index is 2.65. The Morgan fingerprint density at radius 2 is 2.18 bits per heavy atom. The Kier molecular flexibility index (Phi) is 3.40. The second-order valence-electron chi connectivity index (χ2n) is 4.29. The summed E-state index contributed by atoms with van der Waals surface area (Å²) in [5.41, 5.74) is 1.94. The van der Waals surface area contributed by atoms with Gasteiger partial charge in [0.25, 0.3) is 0 Å². The van der Waals surface area contributed by atoms with Crippen molar-refractivity contribution in [2.24, 2.45) is 0 Å². The lowest BCUT2D eigenvalue weighted by atomic mass is 10.1. The molecular formula is C13H15ClFNO. The first-order chi connectivity index (χ1) is 8.02. The van der Waals surface area contributed by atoms with E-state index < -0.39 is 11.9 Å². The Bertz CT molecular complexity index is 548. The normalized spacial score (nSPS) is 13.2. The highest BCUT2D eigenvalue weighted by Gasteiger charge is 2.12. The Labute approximate surface area is 105 Å². The molecule has 1 N–H and O–H groups in total. The topological polar surface area (TPSA) is 25.2 Å². The summed E-state index contributed by atoms with van der Waals surface area (Å²) in [4.78, 5) is 0. The van der Waals surface area contributed by atoms with E-state index in [9.17, 15) is 9.50 Å². The molecule has 1 aromatic heterocycles. The molecule has 0 radical (unpaired) electrons. The lowest BCUT2D eigenvalue weighted by Crippen LogP contribution is -2.10. The molecule has 2 rings (SSSR count). The lowest BCUT2D eigenvalue weighted by molar-refractivity contribution is 0.175. The van der Waals surface area contributed by atoms with E-state index in [1.165, 1.54) is 6.07 Å². The quantitative estimate of drug-likeness (QED) is 0.894. The molecule has 0 amide bonds. The second kappa shape index (κ2) is 4.67. The van der Waals surface area contributed by atoms with Gasteiger partial charge in [-0.15, -0.1) is 0 Å². The van der Waals surface area contributed by atoms with Crippen molar-refractivity contribution in [1.29, 1.82) is 0 Å². The molecule has 0 aliphatic carbocycles. The summed E-state index contributed by atoms with van der Waals surface area (Å²) >= 11 is 5.80. The minimum atomic E-state index is -0.445. The number of aromatic nitrogens is 1. The third-order valence-corrected chi connectivity index (χ3v) is 3.14. The van der Waals surface area contributed by atoms with Crippen molar-refractivity contribution in [2.45, 2.75) is 32.9 Å². The van der Waals surface area contributed by atoms with Crippen LogP contribution in [0.3, 0.4) is 0 Å². The maximum absolute atomic E-state index is 13.4. The number of halogens is 2. The van der Waals surface area contributed by atoms with Crippen LogP contribution in [0.15, 0.2) is 18.3 Å². The SMILES string of the molecule is CCc1cn(CC(C)O)c2cc(Cl)c(F)cc12. The molecule has 0 saturated heterocycles. The number of rotatable bonds is 3. The average Bonchev–Trinajstić information content (AvgIpc) is 2.57. The zero-order valence-electron chi connectivity index (χ0n) is 9.87. The van der Waals surface area contributed by atoms with E-state index in [2.05, 4.69) is 0 Å². The first-order valence-corrected chi connectivity index (χ1v) is 6.05. The summed E-state index contributed by atoms with van der Waals surface area (Å²) in [6.45, 7) is 4.23. The van der Waals surface area contributed by atoms with Crippen LogP contribution in [0.25, 0.3) is 10.9 Å². The van der Waals surface area contributed by atoms with Crippen LogP contribution in [0.2, 0.25) is 5.02 Å². The van der Waals surface area contributed by atoms with E-state index in [0.717, 1.165) is 22.9 Å². The zero-order chi connectivity index (χ0) is 12.6. The Morgan fingerprint density at radius 3 is 2.76 bits per heavy atom. The molecule has 92 valence electrons. The van der Waals surface area contributed by atoms with Crippen LogP contribution < -0.4 is 0 Å². The Morgan fingerprint density at radius 1 is 1.47 bits per heavy atom. The van der Waals surface area contributed by atoms with Crippen molar-refractivity contribution in [3.8, 4) is 0 Å². The van der Waals surface area contributed by atoms with Crippen molar-refractivity contribution in [1.82, 2.24) is 4.57 Å². The molecule has 2 aromatic rings. The summed E-state index contributed by atoms with van der Waals surface area (Å²) in [7, 11) is 0. The van der Waals surface area contributed by atoms with Crippen LogP contribution in [-0.4, -0.2) is 15.8 Å². The van der Waals surface area contributed by atoms with Gasteiger partial charge in [-0.25, -0.2) is 4.39 Å². The predicted molar refractivity (Wildman–Crippen MR) is 68.0 cm³/mol. The van der Waals surface area contributed by atoms with Crippen LogP contribution in [0.5, 0.6) is 0 Å². The molecule has 0 fully saturated rings. The molecule has 17 heavy (non-hydrogen) atoms. The van der Waals surface area contributed by atoms with E-state index in [0.29, 0.717) is 6.54 Å². The third kappa shape index (κ3) is 2.31. The fourth-order valence-corrected chi connectivity index (χ4v) is 2.23. The predicted octanol–water partition coefficient (Wildman–Crippen LogP) is 3.38. The number of hydrogen-bond donors (Lipinski definition) is 1. The van der Waals surface area contributed by atoms with Gasteiger partial charge in [-0.2, -0.15) is 0 Å². The van der Waals surface area contributed by atoms with Crippen molar-refractivity contribution >= 4 is 22.5 Å². The standard InChI is InChI=1S/C13H15ClFNO/c1-3-9-7-16(6-8(2)17)13-5-11(14)12(15)4-10(9)13/h4-5,7-8,17H,3,6H2,1-2H3. The van der Waals surface area contributed by atoms with Crippen LogP contribution >= 0.6 is 11.6 Å². The van der Waals surface area contributed by atoms with E-state index in [1.807, 2.05) is 17.7 Å². The highest BCUT2D eigenvalue weighted by molar-refractivity contribution is 6.31. The van der Waals surface area contributed by atoms with Crippen molar-refractivity contribution < 1.29 is 9.50 Å². The van der Waals surface area contributed by atoms with Crippen molar-refractivity contribution in [3.05, 3.63) is 34.7 Å². The van der Waals surface area contributed by atoms with E-state index >= 15 is 0 Å². The molecule has 1 aromatic carbocycles. The minimum absolute atomic E-state index is 0.116. The van der Waals surface area contributed by atoms with Gasteiger partial charge in [0.15, 0.2) is 0 Å². The maximum Gasteiger partial charge on any atom is 0.142 e. The molecular weight excluding hydrogens is 241 g/mol. The number of aliphatic hydroxyl groups is 1. The fraction of sp³-hybridized carbons (Fsp3) is 0.385. The fourth-order valence-electron chi connectivity index (χ4n) is 2.08. The van der Waals surface area contributed by atoms with Crippen LogP contribution in [-0.2, 0) is 13.0 Å². The number of aryl methyl sites for hydroxylation is 1. The molecule has 1 atom stereocenters. The molecule has 0 aliphatic heterocycles. The highest BCUT2D eigenvalue weighted by atomic mass is 35.5. The van der Waals surface area contributed by atoms with Gasteiger partial charge < -0.3 is 9.67 Å². The molecule has 0 spiro atoms. The first-order valence-electron chi connectivity index (χ1n) is 5.67. The number of fused-ring (bicyclic) bond motifs is 1. The van der Waals surface area contributed by atoms with E-state index in [1.54, 1.807) is 13.0 Å². The van der Waals surface area contributed by atoms with Gasteiger partial charge in [-0.1, -0.05) is 18.5 Å². The molecule has 0 aliphatic rings. The van der Waals surface area contributed by atoms with Crippen LogP contribution in [0.1, 0.15) is 19.4 Å². The summed E-state index contributed by atoms with van der Waals surface area (Å²) in [5.74, 6) is -0.399. The molecule has 2 nitrogen and oxygen atoms in total. The summed E-state index contributed by atoms with van der Waals surface area (Å²) in [6, 6.07) is 3.09. The average molecular weight is 256 g/mol. The summed E-state index contributed by atoms with van der Waals surface area (Å²) < 4.78 is 15.4. The van der Waals surface area contributed by atoms with Gasteiger partial charge in [-0.3, -0.25) is 0 Å². The number of aliphatic hydroxyl groups excluding tert-OH is 1. The van der Waals surface area contributed by atoms with Gasteiger partial charge in [0.05, 0.1) is 16.6 Å². The highest BCUT2D eigenvalue weighted by Crippen LogP contribution is 2.27.